The van der Waals surface area contributed by atoms with Crippen LogP contribution in [0.3, 0.4) is 0 Å². The molecule has 0 unspecified atom stereocenters. The molecule has 3 N–H and O–H groups in total. The Morgan fingerprint density at radius 1 is 1.40 bits per heavy atom. The van der Waals surface area contributed by atoms with Gasteiger partial charge in [-0.25, -0.2) is 13.1 Å². The fourth-order valence-electron chi connectivity index (χ4n) is 2.34. The molecule has 0 aliphatic heterocycles. The second-order valence-corrected chi connectivity index (χ2v) is 6.93. The van der Waals surface area contributed by atoms with Gasteiger partial charge in [-0.15, -0.1) is 0 Å². The minimum absolute atomic E-state index is 0.243. The molecule has 1 fully saturated rings. The van der Waals surface area contributed by atoms with Crippen molar-refractivity contribution in [2.24, 2.45) is 11.7 Å². The Balaban J connectivity index is 2.03. The summed E-state index contributed by atoms with van der Waals surface area (Å²) in [5.74, 6) is 1.30. The van der Waals surface area contributed by atoms with Crippen molar-refractivity contribution in [2.45, 2.75) is 37.1 Å². The molecule has 20 heavy (non-hydrogen) atoms. The van der Waals surface area contributed by atoms with Crippen LogP contribution in [-0.2, 0) is 16.6 Å². The minimum atomic E-state index is -3.46. The second kappa shape index (κ2) is 6.56. The Kier molecular flexibility index (Phi) is 5.01. The summed E-state index contributed by atoms with van der Waals surface area (Å²) in [5, 5.41) is 0. The lowest BCUT2D eigenvalue weighted by atomic mass is 9.83. The van der Waals surface area contributed by atoms with Gasteiger partial charge in [-0.3, -0.25) is 0 Å². The van der Waals surface area contributed by atoms with Gasteiger partial charge in [0.1, 0.15) is 5.75 Å². The van der Waals surface area contributed by atoms with E-state index in [0.717, 1.165) is 6.42 Å². The molecule has 0 bridgehead atoms. The number of sulfonamides is 1. The normalized spacial score (nSPS) is 15.9. The highest BCUT2D eigenvalue weighted by Gasteiger charge is 2.19. The molecule has 1 aliphatic carbocycles. The van der Waals surface area contributed by atoms with E-state index in [1.807, 2.05) is 0 Å². The standard InChI is InChI=1S/C14H22N2O3S/c1-19-14-6-5-13(9-12(14)10-15)20(17,18)16-8-7-11-3-2-4-11/h5-6,9,11,16H,2-4,7-8,10,15H2,1H3. The first-order chi connectivity index (χ1) is 9.56. The van der Waals surface area contributed by atoms with Crippen LogP contribution in [0.4, 0.5) is 0 Å². The molecule has 1 aromatic carbocycles. The lowest BCUT2D eigenvalue weighted by Crippen LogP contribution is -2.27. The molecule has 0 saturated heterocycles. The number of hydrogen-bond donors (Lipinski definition) is 2. The third-order valence-corrected chi connectivity index (χ3v) is 5.31. The molecule has 5 nitrogen and oxygen atoms in total. The molecular weight excluding hydrogens is 276 g/mol. The van der Waals surface area contributed by atoms with Crippen LogP contribution < -0.4 is 15.2 Å². The fraction of sp³-hybridized carbons (Fsp3) is 0.571. The number of methoxy groups -OCH3 is 1. The Bertz CT molecular complexity index is 554. The zero-order valence-corrected chi connectivity index (χ0v) is 12.6. The molecule has 112 valence electrons. The molecule has 1 aromatic rings. The van der Waals surface area contributed by atoms with Gasteiger partial charge in [0.25, 0.3) is 0 Å². The highest BCUT2D eigenvalue weighted by atomic mass is 32.2. The van der Waals surface area contributed by atoms with E-state index < -0.39 is 10.0 Å². The molecule has 2 rings (SSSR count). The Hall–Kier alpha value is -1.11. The maximum absolute atomic E-state index is 12.2. The maximum Gasteiger partial charge on any atom is 0.240 e. The van der Waals surface area contributed by atoms with Gasteiger partial charge in [-0.05, 0) is 30.5 Å². The van der Waals surface area contributed by atoms with Crippen LogP contribution in [0.5, 0.6) is 5.75 Å². The van der Waals surface area contributed by atoms with Gasteiger partial charge in [-0.1, -0.05) is 19.3 Å². The number of ether oxygens (including phenoxy) is 1. The number of nitrogens with one attached hydrogen (secondary N) is 1. The average molecular weight is 298 g/mol. The molecular formula is C14H22N2O3S. The van der Waals surface area contributed by atoms with Crippen LogP contribution in [0, 0.1) is 5.92 Å². The molecule has 1 aliphatic rings. The first-order valence-corrected chi connectivity index (χ1v) is 8.42. The van der Waals surface area contributed by atoms with Crippen molar-refractivity contribution < 1.29 is 13.2 Å². The smallest absolute Gasteiger partial charge is 0.240 e. The van der Waals surface area contributed by atoms with Crippen molar-refractivity contribution in [2.75, 3.05) is 13.7 Å². The van der Waals surface area contributed by atoms with Crippen LogP contribution in [-0.4, -0.2) is 22.1 Å². The summed E-state index contributed by atoms with van der Waals surface area (Å²) >= 11 is 0. The Morgan fingerprint density at radius 3 is 2.70 bits per heavy atom. The molecule has 0 heterocycles. The number of hydrogen-bond acceptors (Lipinski definition) is 4. The van der Waals surface area contributed by atoms with Gasteiger partial charge in [-0.2, -0.15) is 0 Å². The zero-order valence-electron chi connectivity index (χ0n) is 11.8. The summed E-state index contributed by atoms with van der Waals surface area (Å²) in [6.07, 6.45) is 4.64. The minimum Gasteiger partial charge on any atom is -0.496 e. The van der Waals surface area contributed by atoms with Gasteiger partial charge in [0.15, 0.2) is 0 Å². The van der Waals surface area contributed by atoms with Crippen molar-refractivity contribution in [1.82, 2.24) is 4.72 Å². The molecule has 0 radical (unpaired) electrons. The second-order valence-electron chi connectivity index (χ2n) is 5.16. The van der Waals surface area contributed by atoms with Gasteiger partial charge >= 0.3 is 0 Å². The quantitative estimate of drug-likeness (QED) is 0.801. The summed E-state index contributed by atoms with van der Waals surface area (Å²) in [6, 6.07) is 4.76. The highest BCUT2D eigenvalue weighted by molar-refractivity contribution is 7.89. The third-order valence-electron chi connectivity index (χ3n) is 3.85. The van der Waals surface area contributed by atoms with Gasteiger partial charge in [0.05, 0.1) is 12.0 Å². The van der Waals surface area contributed by atoms with Crippen LogP contribution >= 0.6 is 0 Å². The fourth-order valence-corrected chi connectivity index (χ4v) is 3.44. The Labute approximate surface area is 120 Å². The van der Waals surface area contributed by atoms with Crippen LogP contribution in [0.25, 0.3) is 0 Å². The molecule has 0 aromatic heterocycles. The number of rotatable bonds is 7. The summed E-state index contributed by atoms with van der Waals surface area (Å²) in [7, 11) is -1.92. The molecule has 6 heteroatoms. The summed E-state index contributed by atoms with van der Waals surface area (Å²) in [6.45, 7) is 0.742. The van der Waals surface area contributed by atoms with Crippen LogP contribution in [0.15, 0.2) is 23.1 Å². The van der Waals surface area contributed by atoms with Crippen molar-refractivity contribution in [3.8, 4) is 5.75 Å². The van der Waals surface area contributed by atoms with Crippen LogP contribution in [0.1, 0.15) is 31.2 Å². The van der Waals surface area contributed by atoms with Gasteiger partial charge in [0.2, 0.25) is 10.0 Å². The molecule has 1 saturated carbocycles. The van der Waals surface area contributed by atoms with Crippen molar-refractivity contribution in [3.05, 3.63) is 23.8 Å². The monoisotopic (exact) mass is 298 g/mol. The predicted octanol–water partition coefficient (Wildman–Crippen LogP) is 1.62. The topological polar surface area (TPSA) is 81.4 Å². The van der Waals surface area contributed by atoms with E-state index >= 15 is 0 Å². The lowest BCUT2D eigenvalue weighted by Gasteiger charge is -2.25. The predicted molar refractivity (Wildman–Crippen MR) is 78.0 cm³/mol. The van der Waals surface area contributed by atoms with Crippen LogP contribution in [0.2, 0.25) is 0 Å². The summed E-state index contributed by atoms with van der Waals surface area (Å²) in [5.41, 5.74) is 6.30. The SMILES string of the molecule is COc1ccc(S(=O)(=O)NCCC2CCC2)cc1CN. The zero-order chi connectivity index (χ0) is 14.6. The van der Waals surface area contributed by atoms with E-state index in [9.17, 15) is 8.42 Å². The summed E-state index contributed by atoms with van der Waals surface area (Å²) in [4.78, 5) is 0.243. The number of nitrogens with two attached hydrogens (primary N) is 1. The van der Waals surface area contributed by atoms with Crippen molar-refractivity contribution >= 4 is 10.0 Å². The number of benzene rings is 1. The summed E-state index contributed by atoms with van der Waals surface area (Å²) < 4.78 is 32.2. The van der Waals surface area contributed by atoms with E-state index in [1.165, 1.54) is 19.3 Å². The molecule has 0 atom stereocenters. The van der Waals surface area contributed by atoms with E-state index in [2.05, 4.69) is 4.72 Å². The molecule has 0 amide bonds. The molecule has 0 spiro atoms. The van der Waals surface area contributed by atoms with E-state index in [1.54, 1.807) is 25.3 Å². The highest BCUT2D eigenvalue weighted by Crippen LogP contribution is 2.29. The first-order valence-electron chi connectivity index (χ1n) is 6.93. The van der Waals surface area contributed by atoms with E-state index in [0.29, 0.717) is 23.8 Å². The lowest BCUT2D eigenvalue weighted by molar-refractivity contribution is 0.297. The Morgan fingerprint density at radius 2 is 2.15 bits per heavy atom. The van der Waals surface area contributed by atoms with E-state index in [-0.39, 0.29) is 11.4 Å². The van der Waals surface area contributed by atoms with Crippen molar-refractivity contribution in [3.63, 3.8) is 0 Å². The maximum atomic E-state index is 12.2. The van der Waals surface area contributed by atoms with Gasteiger partial charge < -0.3 is 10.5 Å². The van der Waals surface area contributed by atoms with E-state index in [4.69, 9.17) is 10.5 Å². The average Bonchev–Trinajstić information content (AvgIpc) is 2.40. The third kappa shape index (κ3) is 3.50. The van der Waals surface area contributed by atoms with Gasteiger partial charge in [0, 0.05) is 18.7 Å². The van der Waals surface area contributed by atoms with Crippen molar-refractivity contribution in [1.29, 1.82) is 0 Å². The first kappa shape index (κ1) is 15.3. The largest absolute Gasteiger partial charge is 0.496 e.